The van der Waals surface area contributed by atoms with E-state index in [0.717, 1.165) is 28.3 Å². The summed E-state index contributed by atoms with van der Waals surface area (Å²) in [6.07, 6.45) is 0. The van der Waals surface area contributed by atoms with Crippen molar-refractivity contribution in [3.8, 4) is 39.1 Å². The van der Waals surface area contributed by atoms with Gasteiger partial charge in [0.05, 0.1) is 22.1 Å². The molecule has 1 unspecified atom stereocenters. The van der Waals surface area contributed by atoms with Crippen LogP contribution >= 0.6 is 0 Å². The van der Waals surface area contributed by atoms with Crippen LogP contribution in [0, 0.1) is 0 Å². The molecule has 0 saturated carbocycles. The van der Waals surface area contributed by atoms with E-state index >= 15 is 0 Å². The van der Waals surface area contributed by atoms with E-state index in [1.54, 1.807) is 0 Å². The maximum Gasteiger partial charge on any atom is 0.0714 e. The summed E-state index contributed by atoms with van der Waals surface area (Å²) >= 11 is 0. The second-order valence-electron chi connectivity index (χ2n) is 17.6. The Hall–Kier alpha value is -8.72. The molecule has 1 aromatic heterocycles. The van der Waals surface area contributed by atoms with Crippen LogP contribution in [0.2, 0.25) is 0 Å². The maximum absolute atomic E-state index is 2.49. The van der Waals surface area contributed by atoms with E-state index in [4.69, 9.17) is 0 Å². The van der Waals surface area contributed by atoms with E-state index in [1.807, 2.05) is 0 Å². The predicted octanol–water partition coefficient (Wildman–Crippen LogP) is 17.1. The highest BCUT2D eigenvalue weighted by Crippen LogP contribution is 2.58. The molecule has 0 fully saturated rings. The zero-order valence-electron chi connectivity index (χ0n) is 36.8. The SMILES string of the molecule is c1ccc(-c2cccc(-n3c4ccccc4c4ccc(N(c5ccc6c(c5)C(c5ccccc5)(c5cccc(-c7ccccc7)c5)c5ccccc5-6)c5cccc6ccccc56)cc43)c2)cc1. The third-order valence-corrected chi connectivity index (χ3v) is 14.0. The van der Waals surface area contributed by atoms with Crippen LogP contribution in [0.25, 0.3) is 71.6 Å². The molecule has 67 heavy (non-hydrogen) atoms. The molecule has 11 aromatic carbocycles. The molecule has 0 saturated heterocycles. The third-order valence-electron chi connectivity index (χ3n) is 14.0. The van der Waals surface area contributed by atoms with Gasteiger partial charge in [-0.25, -0.2) is 0 Å². The summed E-state index contributed by atoms with van der Waals surface area (Å²) in [6.45, 7) is 0. The highest BCUT2D eigenvalue weighted by molar-refractivity contribution is 6.11. The number of nitrogens with zero attached hydrogens (tertiary/aromatic N) is 2. The van der Waals surface area contributed by atoms with Gasteiger partial charge in [-0.3, -0.25) is 0 Å². The average Bonchev–Trinajstić information content (AvgIpc) is 3.90. The van der Waals surface area contributed by atoms with Crippen molar-refractivity contribution in [1.82, 2.24) is 4.57 Å². The van der Waals surface area contributed by atoms with Crippen LogP contribution < -0.4 is 4.90 Å². The van der Waals surface area contributed by atoms with Gasteiger partial charge in [-0.1, -0.05) is 212 Å². The van der Waals surface area contributed by atoms with Gasteiger partial charge < -0.3 is 9.47 Å². The van der Waals surface area contributed by atoms with E-state index in [-0.39, 0.29) is 0 Å². The lowest BCUT2D eigenvalue weighted by molar-refractivity contribution is 0.769. The van der Waals surface area contributed by atoms with Gasteiger partial charge in [0.15, 0.2) is 0 Å². The fraction of sp³-hybridized carbons (Fsp3) is 0.0154. The molecule has 1 aliphatic rings. The first kappa shape index (κ1) is 38.7. The molecule has 0 radical (unpaired) electrons. The minimum atomic E-state index is -0.599. The van der Waals surface area contributed by atoms with Gasteiger partial charge >= 0.3 is 0 Å². The molecule has 2 heteroatoms. The molecule has 12 aromatic rings. The van der Waals surface area contributed by atoms with Gasteiger partial charge in [-0.15, -0.1) is 0 Å². The van der Waals surface area contributed by atoms with E-state index in [0.29, 0.717) is 0 Å². The van der Waals surface area contributed by atoms with Crippen molar-refractivity contribution in [2.45, 2.75) is 5.41 Å². The molecule has 0 bridgehead atoms. The number of rotatable bonds is 8. The molecular weight excluding hydrogens is 809 g/mol. The van der Waals surface area contributed by atoms with E-state index < -0.39 is 5.41 Å². The average molecular weight is 853 g/mol. The first-order valence-corrected chi connectivity index (χ1v) is 23.2. The van der Waals surface area contributed by atoms with Gasteiger partial charge in [0.2, 0.25) is 0 Å². The lowest BCUT2D eigenvalue weighted by Gasteiger charge is -2.35. The molecular formula is C65H44N2. The van der Waals surface area contributed by atoms with Gasteiger partial charge in [0.1, 0.15) is 0 Å². The van der Waals surface area contributed by atoms with Crippen LogP contribution in [0.3, 0.4) is 0 Å². The third kappa shape index (κ3) is 6.18. The van der Waals surface area contributed by atoms with Crippen LogP contribution in [0.15, 0.2) is 267 Å². The van der Waals surface area contributed by atoms with Crippen LogP contribution in [0.4, 0.5) is 17.1 Å². The number of hydrogen-bond acceptors (Lipinski definition) is 1. The molecule has 0 N–H and O–H groups in total. The van der Waals surface area contributed by atoms with Crippen LogP contribution in [-0.4, -0.2) is 4.57 Å². The Balaban J connectivity index is 1.08. The molecule has 1 aliphatic carbocycles. The molecule has 1 heterocycles. The maximum atomic E-state index is 2.49. The Morgan fingerprint density at radius 2 is 0.866 bits per heavy atom. The monoisotopic (exact) mass is 852 g/mol. The number of aromatic nitrogens is 1. The largest absolute Gasteiger partial charge is 0.310 e. The van der Waals surface area contributed by atoms with Crippen LogP contribution in [0.1, 0.15) is 22.3 Å². The summed E-state index contributed by atoms with van der Waals surface area (Å²) in [5.41, 5.74) is 18.5. The van der Waals surface area contributed by atoms with Gasteiger partial charge in [0.25, 0.3) is 0 Å². The highest BCUT2D eigenvalue weighted by atomic mass is 15.1. The highest BCUT2D eigenvalue weighted by Gasteiger charge is 2.46. The molecule has 2 nitrogen and oxygen atoms in total. The van der Waals surface area contributed by atoms with E-state index in [9.17, 15) is 0 Å². The van der Waals surface area contributed by atoms with Crippen molar-refractivity contribution >= 4 is 49.6 Å². The lowest BCUT2D eigenvalue weighted by atomic mass is 9.67. The zero-order valence-corrected chi connectivity index (χ0v) is 36.8. The van der Waals surface area contributed by atoms with Crippen molar-refractivity contribution in [2.24, 2.45) is 0 Å². The van der Waals surface area contributed by atoms with Crippen molar-refractivity contribution in [2.75, 3.05) is 4.90 Å². The van der Waals surface area contributed by atoms with Crippen molar-refractivity contribution in [3.63, 3.8) is 0 Å². The molecule has 0 aliphatic heterocycles. The van der Waals surface area contributed by atoms with Gasteiger partial charge in [-0.05, 0) is 116 Å². The first-order chi connectivity index (χ1) is 33.2. The number of anilines is 3. The van der Waals surface area contributed by atoms with Crippen LogP contribution in [-0.2, 0) is 5.41 Å². The second kappa shape index (κ2) is 15.8. The topological polar surface area (TPSA) is 8.17 Å². The summed E-state index contributed by atoms with van der Waals surface area (Å²) in [5.74, 6) is 0. The summed E-state index contributed by atoms with van der Waals surface area (Å²) in [6, 6.07) is 98.3. The number of para-hydroxylation sites is 1. The Morgan fingerprint density at radius 3 is 1.67 bits per heavy atom. The smallest absolute Gasteiger partial charge is 0.0714 e. The van der Waals surface area contributed by atoms with Crippen LogP contribution in [0.5, 0.6) is 0 Å². The quantitative estimate of drug-likeness (QED) is 0.148. The first-order valence-electron chi connectivity index (χ1n) is 23.2. The van der Waals surface area contributed by atoms with Gasteiger partial charge in [0, 0.05) is 33.2 Å². The fourth-order valence-electron chi connectivity index (χ4n) is 11.1. The fourth-order valence-corrected chi connectivity index (χ4v) is 11.1. The molecule has 13 rings (SSSR count). The van der Waals surface area contributed by atoms with Gasteiger partial charge in [-0.2, -0.15) is 0 Å². The van der Waals surface area contributed by atoms with E-state index in [1.165, 1.54) is 82.7 Å². The summed E-state index contributed by atoms with van der Waals surface area (Å²) in [7, 11) is 0. The Bertz CT molecular complexity index is 3810. The minimum absolute atomic E-state index is 0.599. The Labute approximate surface area is 390 Å². The number of hydrogen-bond donors (Lipinski definition) is 0. The molecule has 0 spiro atoms. The molecule has 0 amide bonds. The Kier molecular flexibility index (Phi) is 9.11. The summed E-state index contributed by atoms with van der Waals surface area (Å²) in [4.78, 5) is 2.49. The normalized spacial score (nSPS) is 14.0. The van der Waals surface area contributed by atoms with Crippen molar-refractivity contribution < 1.29 is 0 Å². The summed E-state index contributed by atoms with van der Waals surface area (Å²) < 4.78 is 2.45. The number of benzene rings is 11. The molecule has 1 atom stereocenters. The molecule has 314 valence electrons. The zero-order chi connectivity index (χ0) is 44.3. The minimum Gasteiger partial charge on any atom is -0.310 e. The van der Waals surface area contributed by atoms with Crippen molar-refractivity contribution in [1.29, 1.82) is 0 Å². The standard InChI is InChI=1S/C65H44N2/c1-4-19-45(20-5-1)48-25-16-29-51(41-48)65(50-27-8-3-9-28-50)60-34-14-12-32-56(60)57-39-37-53(43-61(57)65)66(62-36-18-24-47-23-10-11-31-55(47)62)54-38-40-59-58-33-13-15-35-63(58)67(64(59)44-54)52-30-17-26-49(42-52)46-21-6-2-7-22-46/h1-44H. The van der Waals surface area contributed by atoms with E-state index in [2.05, 4.69) is 276 Å². The number of fused-ring (bicyclic) bond motifs is 7. The Morgan fingerprint density at radius 1 is 0.313 bits per heavy atom. The summed E-state index contributed by atoms with van der Waals surface area (Å²) in [5, 5.41) is 4.83. The lowest BCUT2D eigenvalue weighted by Crippen LogP contribution is -2.29. The second-order valence-corrected chi connectivity index (χ2v) is 17.6. The van der Waals surface area contributed by atoms with Crippen molar-refractivity contribution in [3.05, 3.63) is 289 Å². The predicted molar refractivity (Wildman–Crippen MR) is 281 cm³/mol.